The summed E-state index contributed by atoms with van der Waals surface area (Å²) in [6.45, 7) is 0. The number of carboxylic acids is 1. The number of pyridine rings is 1. The van der Waals surface area contributed by atoms with Crippen molar-refractivity contribution in [2.24, 2.45) is 5.73 Å². The van der Waals surface area contributed by atoms with Gasteiger partial charge in [-0.15, -0.1) is 12.4 Å². The number of aliphatic carboxylic acids is 1. The van der Waals surface area contributed by atoms with E-state index in [1.54, 1.807) is 0 Å². The number of rotatable bonds is 3. The molecule has 3 N–H and O–H groups in total. The molecule has 4 nitrogen and oxygen atoms in total. The molecule has 0 saturated carbocycles. The maximum atomic E-state index is 10.5. The van der Waals surface area contributed by atoms with Crippen LogP contribution in [-0.2, 0) is 11.2 Å². The van der Waals surface area contributed by atoms with Gasteiger partial charge < -0.3 is 10.8 Å². The van der Waals surface area contributed by atoms with E-state index in [4.69, 9.17) is 34.0 Å². The summed E-state index contributed by atoms with van der Waals surface area (Å²) < 4.78 is 0. The van der Waals surface area contributed by atoms with Gasteiger partial charge in [0.1, 0.15) is 16.3 Å². The molecule has 0 fully saturated rings. The van der Waals surface area contributed by atoms with Gasteiger partial charge in [0.25, 0.3) is 0 Å². The summed E-state index contributed by atoms with van der Waals surface area (Å²) in [6.07, 6.45) is 0.178. The highest BCUT2D eigenvalue weighted by Gasteiger charge is 2.12. The molecule has 84 valence electrons. The van der Waals surface area contributed by atoms with Gasteiger partial charge in [0, 0.05) is 0 Å². The van der Waals surface area contributed by atoms with Crippen molar-refractivity contribution in [3.8, 4) is 0 Å². The SMILES string of the molecule is Cl.NC(Cc1cc(Cl)nc(Cl)c1)C(=O)O. The first kappa shape index (κ1) is 14.5. The van der Waals surface area contributed by atoms with E-state index in [0.717, 1.165) is 0 Å². The zero-order valence-electron chi connectivity index (χ0n) is 7.48. The molecular weight excluding hydrogens is 262 g/mol. The fraction of sp³-hybridized carbons (Fsp3) is 0.250. The van der Waals surface area contributed by atoms with Gasteiger partial charge in [0.05, 0.1) is 0 Å². The molecular formula is C8H9Cl3N2O2. The average Bonchev–Trinajstić information content (AvgIpc) is 2.01. The quantitative estimate of drug-likeness (QED) is 0.822. The molecule has 1 rings (SSSR count). The third kappa shape index (κ3) is 4.66. The molecule has 1 aromatic rings. The van der Waals surface area contributed by atoms with Crippen molar-refractivity contribution in [2.75, 3.05) is 0 Å². The van der Waals surface area contributed by atoms with Gasteiger partial charge >= 0.3 is 5.97 Å². The van der Waals surface area contributed by atoms with Crippen LogP contribution in [-0.4, -0.2) is 22.1 Å². The monoisotopic (exact) mass is 270 g/mol. The summed E-state index contributed by atoms with van der Waals surface area (Å²) in [5.74, 6) is -1.06. The Morgan fingerprint density at radius 2 is 1.93 bits per heavy atom. The molecule has 1 unspecified atom stereocenters. The van der Waals surface area contributed by atoms with Crippen molar-refractivity contribution in [2.45, 2.75) is 12.5 Å². The Labute approximate surface area is 103 Å². The maximum absolute atomic E-state index is 10.5. The first-order valence-electron chi connectivity index (χ1n) is 3.79. The lowest BCUT2D eigenvalue weighted by molar-refractivity contribution is -0.138. The number of aromatic nitrogens is 1. The molecule has 1 atom stereocenters. The second kappa shape index (κ2) is 6.12. The van der Waals surface area contributed by atoms with Gasteiger partial charge in [-0.05, 0) is 24.1 Å². The minimum Gasteiger partial charge on any atom is -0.480 e. The Morgan fingerprint density at radius 3 is 2.33 bits per heavy atom. The molecule has 0 aromatic carbocycles. The summed E-state index contributed by atoms with van der Waals surface area (Å²) in [5, 5.41) is 9.03. The lowest BCUT2D eigenvalue weighted by atomic mass is 10.1. The van der Waals surface area contributed by atoms with E-state index in [1.807, 2.05) is 0 Å². The van der Waals surface area contributed by atoms with Crippen LogP contribution in [0.15, 0.2) is 12.1 Å². The second-order valence-electron chi connectivity index (χ2n) is 2.77. The van der Waals surface area contributed by atoms with Crippen LogP contribution in [0.25, 0.3) is 0 Å². The van der Waals surface area contributed by atoms with Gasteiger partial charge in [-0.2, -0.15) is 0 Å². The van der Waals surface area contributed by atoms with Crippen LogP contribution in [0.2, 0.25) is 10.3 Å². The molecule has 15 heavy (non-hydrogen) atoms. The predicted molar refractivity (Wildman–Crippen MR) is 60.8 cm³/mol. The molecule has 0 radical (unpaired) electrons. The number of hydrogen-bond donors (Lipinski definition) is 2. The number of nitrogens with zero attached hydrogens (tertiary/aromatic N) is 1. The third-order valence-corrected chi connectivity index (χ3v) is 1.98. The van der Waals surface area contributed by atoms with Gasteiger partial charge in [-0.25, -0.2) is 4.98 Å². The van der Waals surface area contributed by atoms with Crippen molar-refractivity contribution >= 4 is 41.6 Å². The van der Waals surface area contributed by atoms with Crippen LogP contribution in [0.4, 0.5) is 0 Å². The van der Waals surface area contributed by atoms with Crippen LogP contribution < -0.4 is 5.73 Å². The van der Waals surface area contributed by atoms with E-state index in [0.29, 0.717) is 5.56 Å². The topological polar surface area (TPSA) is 76.2 Å². The molecule has 0 aliphatic heterocycles. The Morgan fingerprint density at radius 1 is 1.47 bits per heavy atom. The molecule has 0 aliphatic rings. The van der Waals surface area contributed by atoms with E-state index in [2.05, 4.69) is 4.98 Å². The number of carbonyl (C=O) groups is 1. The Kier molecular flexibility index (Phi) is 5.90. The number of hydrogen-bond acceptors (Lipinski definition) is 3. The second-order valence-corrected chi connectivity index (χ2v) is 3.54. The van der Waals surface area contributed by atoms with E-state index in [9.17, 15) is 4.79 Å². The molecule has 0 bridgehead atoms. The minimum atomic E-state index is -1.06. The molecule has 0 amide bonds. The van der Waals surface area contributed by atoms with Crippen molar-refractivity contribution in [1.82, 2.24) is 4.98 Å². The Hall–Kier alpha value is -0.550. The van der Waals surface area contributed by atoms with Gasteiger partial charge in [-0.1, -0.05) is 23.2 Å². The van der Waals surface area contributed by atoms with Crippen LogP contribution in [0.3, 0.4) is 0 Å². The fourth-order valence-corrected chi connectivity index (χ4v) is 1.48. The smallest absolute Gasteiger partial charge is 0.320 e. The van der Waals surface area contributed by atoms with E-state index in [1.165, 1.54) is 12.1 Å². The summed E-state index contributed by atoms with van der Waals surface area (Å²) in [4.78, 5) is 14.2. The van der Waals surface area contributed by atoms with Gasteiger partial charge in [-0.3, -0.25) is 4.79 Å². The lowest BCUT2D eigenvalue weighted by Crippen LogP contribution is -2.32. The van der Waals surface area contributed by atoms with Crippen molar-refractivity contribution in [1.29, 1.82) is 0 Å². The standard InChI is InChI=1S/C8H8Cl2N2O2.ClH/c9-6-2-4(3-7(10)12-6)1-5(11)8(13)14;/h2-3,5H,1,11H2,(H,13,14);1H. The first-order chi connectivity index (χ1) is 6.49. The van der Waals surface area contributed by atoms with Gasteiger partial charge in [0.15, 0.2) is 0 Å². The molecule has 7 heteroatoms. The zero-order valence-corrected chi connectivity index (χ0v) is 9.81. The van der Waals surface area contributed by atoms with Crippen LogP contribution >= 0.6 is 35.6 Å². The third-order valence-electron chi connectivity index (χ3n) is 1.60. The zero-order chi connectivity index (χ0) is 10.7. The van der Waals surface area contributed by atoms with Crippen LogP contribution in [0.1, 0.15) is 5.56 Å². The highest BCUT2D eigenvalue weighted by Crippen LogP contribution is 2.15. The van der Waals surface area contributed by atoms with E-state index >= 15 is 0 Å². The molecule has 0 aliphatic carbocycles. The van der Waals surface area contributed by atoms with Crippen LogP contribution in [0.5, 0.6) is 0 Å². The lowest BCUT2D eigenvalue weighted by Gasteiger charge is -2.06. The van der Waals surface area contributed by atoms with Crippen molar-refractivity contribution in [3.63, 3.8) is 0 Å². The summed E-state index contributed by atoms with van der Waals surface area (Å²) in [7, 11) is 0. The highest BCUT2D eigenvalue weighted by atomic mass is 35.5. The molecule has 0 saturated heterocycles. The predicted octanol–water partition coefficient (Wildman–Crippen LogP) is 1.76. The average molecular weight is 272 g/mol. The Bertz CT molecular complexity index is 339. The normalized spacial score (nSPS) is 11.7. The maximum Gasteiger partial charge on any atom is 0.320 e. The first-order valence-corrected chi connectivity index (χ1v) is 4.55. The van der Waals surface area contributed by atoms with Gasteiger partial charge in [0.2, 0.25) is 0 Å². The number of carboxylic acid groups (broad SMARTS) is 1. The largest absolute Gasteiger partial charge is 0.480 e. The minimum absolute atomic E-state index is 0. The van der Waals surface area contributed by atoms with E-state index in [-0.39, 0.29) is 29.1 Å². The highest BCUT2D eigenvalue weighted by molar-refractivity contribution is 6.32. The Balaban J connectivity index is 0.00000196. The van der Waals surface area contributed by atoms with Crippen molar-refractivity contribution in [3.05, 3.63) is 28.0 Å². The fourth-order valence-electron chi connectivity index (χ4n) is 0.973. The molecule has 1 aromatic heterocycles. The number of nitrogens with two attached hydrogens (primary N) is 1. The van der Waals surface area contributed by atoms with Crippen molar-refractivity contribution < 1.29 is 9.90 Å². The van der Waals surface area contributed by atoms with E-state index < -0.39 is 12.0 Å². The summed E-state index contributed by atoms with van der Waals surface area (Å²) >= 11 is 11.3. The summed E-state index contributed by atoms with van der Waals surface area (Å²) in [6, 6.07) is 2.12. The number of halogens is 3. The molecule has 1 heterocycles. The van der Waals surface area contributed by atoms with Crippen LogP contribution in [0, 0.1) is 0 Å². The summed E-state index contributed by atoms with van der Waals surface area (Å²) in [5.41, 5.74) is 6.00. The molecule has 0 spiro atoms.